The molecule has 0 aliphatic carbocycles. The molecule has 8 heteroatoms. The molecule has 1 aliphatic rings. The predicted octanol–water partition coefficient (Wildman–Crippen LogP) is 2.86. The molecule has 2 atom stereocenters. The highest BCUT2D eigenvalue weighted by Gasteiger charge is 2.44. The molecule has 0 saturated carbocycles. The normalized spacial score (nSPS) is 20.3. The van der Waals surface area contributed by atoms with Crippen molar-refractivity contribution in [1.82, 2.24) is 5.32 Å². The first-order valence-corrected chi connectivity index (χ1v) is 6.23. The Labute approximate surface area is 117 Å². The molecule has 116 valence electrons. The zero-order chi connectivity index (χ0) is 15.6. The lowest BCUT2D eigenvalue weighted by Crippen LogP contribution is -2.43. The molecule has 2 rings (SSSR count). The maximum Gasteiger partial charge on any atom is 0.412 e. The van der Waals surface area contributed by atoms with E-state index in [4.69, 9.17) is 4.74 Å². The molecule has 1 amide bonds. The van der Waals surface area contributed by atoms with E-state index in [9.17, 15) is 26.7 Å². The van der Waals surface area contributed by atoms with Crippen LogP contribution in [0.15, 0.2) is 18.2 Å². The number of benzene rings is 1. The van der Waals surface area contributed by atoms with Gasteiger partial charge in [0.2, 0.25) is 5.91 Å². The van der Waals surface area contributed by atoms with Crippen LogP contribution < -0.4 is 5.32 Å². The van der Waals surface area contributed by atoms with Crippen molar-refractivity contribution in [3.8, 4) is 0 Å². The molecule has 3 nitrogen and oxygen atoms in total. The van der Waals surface area contributed by atoms with Gasteiger partial charge in [-0.1, -0.05) is 12.1 Å². The quantitative estimate of drug-likeness (QED) is 0.872. The fraction of sp³-hybridized carbons (Fsp3) is 0.462. The largest absolute Gasteiger partial charge is 0.412 e. The number of carbonyl (C=O) groups excluding carboxylic acids is 1. The maximum atomic E-state index is 13.6. The molecule has 1 unspecified atom stereocenters. The number of nitrogens with one attached hydrogen (secondary N) is 1. The summed E-state index contributed by atoms with van der Waals surface area (Å²) in [6.45, 7) is 0.281. The van der Waals surface area contributed by atoms with Crippen molar-refractivity contribution >= 4 is 5.91 Å². The Hall–Kier alpha value is -1.70. The molecule has 1 fully saturated rings. The monoisotopic (exact) mass is 309 g/mol. The summed E-state index contributed by atoms with van der Waals surface area (Å²) in [6.07, 6.45) is -5.10. The van der Waals surface area contributed by atoms with E-state index in [2.05, 4.69) is 0 Å². The van der Waals surface area contributed by atoms with Crippen molar-refractivity contribution in [2.75, 3.05) is 6.61 Å². The third kappa shape index (κ3) is 3.49. The minimum absolute atomic E-state index is 0.281. The van der Waals surface area contributed by atoms with Crippen molar-refractivity contribution in [3.63, 3.8) is 0 Å². The van der Waals surface area contributed by atoms with Crippen LogP contribution in [0.1, 0.15) is 24.4 Å². The summed E-state index contributed by atoms with van der Waals surface area (Å²) < 4.78 is 70.7. The second kappa shape index (κ2) is 5.97. The SMILES string of the molecule is O=C(NC(c1cccc(F)c1F)C(F)(F)F)[C@@H]1CCCO1. The van der Waals surface area contributed by atoms with E-state index in [1.165, 1.54) is 0 Å². The average Bonchev–Trinajstić information content (AvgIpc) is 2.92. The van der Waals surface area contributed by atoms with E-state index >= 15 is 0 Å². The van der Waals surface area contributed by atoms with E-state index in [1.54, 1.807) is 5.32 Å². The minimum Gasteiger partial charge on any atom is -0.368 e. The second-order valence-electron chi connectivity index (χ2n) is 4.63. The van der Waals surface area contributed by atoms with E-state index < -0.39 is 41.4 Å². The standard InChI is InChI=1S/C13H12F5NO2/c14-8-4-1-3-7(10(8)15)11(13(16,17)18)19-12(20)9-5-2-6-21-9/h1,3-4,9,11H,2,5-6H2,(H,19,20)/t9-,11?/m0/s1. The number of alkyl halides is 3. The average molecular weight is 309 g/mol. The zero-order valence-corrected chi connectivity index (χ0v) is 10.7. The van der Waals surface area contributed by atoms with Crippen LogP contribution in [0, 0.1) is 11.6 Å². The van der Waals surface area contributed by atoms with Gasteiger partial charge in [0.1, 0.15) is 6.10 Å². The Bertz CT molecular complexity index is 526. The Morgan fingerprint density at radius 2 is 2.05 bits per heavy atom. The van der Waals surface area contributed by atoms with Gasteiger partial charge in [0.25, 0.3) is 0 Å². The highest BCUT2D eigenvalue weighted by atomic mass is 19.4. The van der Waals surface area contributed by atoms with Crippen LogP contribution in [0.5, 0.6) is 0 Å². The van der Waals surface area contributed by atoms with E-state index in [0.717, 1.165) is 12.1 Å². The van der Waals surface area contributed by atoms with Gasteiger partial charge in [-0.15, -0.1) is 0 Å². The number of ether oxygens (including phenoxy) is 1. The number of amides is 1. The molecular weight excluding hydrogens is 297 g/mol. The van der Waals surface area contributed by atoms with Crippen LogP contribution in [0.2, 0.25) is 0 Å². The van der Waals surface area contributed by atoms with Crippen LogP contribution in [0.4, 0.5) is 22.0 Å². The van der Waals surface area contributed by atoms with Crippen LogP contribution in [-0.2, 0) is 9.53 Å². The Morgan fingerprint density at radius 1 is 1.33 bits per heavy atom. The molecule has 21 heavy (non-hydrogen) atoms. The Kier molecular flexibility index (Phi) is 4.46. The highest BCUT2D eigenvalue weighted by Crippen LogP contribution is 2.34. The molecule has 1 aliphatic heterocycles. The molecule has 0 spiro atoms. The highest BCUT2D eigenvalue weighted by molar-refractivity contribution is 5.81. The summed E-state index contributed by atoms with van der Waals surface area (Å²) in [7, 11) is 0. The first-order chi connectivity index (χ1) is 9.80. The van der Waals surface area contributed by atoms with Crippen molar-refractivity contribution in [1.29, 1.82) is 0 Å². The first kappa shape index (κ1) is 15.7. The fourth-order valence-electron chi connectivity index (χ4n) is 2.10. The van der Waals surface area contributed by atoms with Crippen LogP contribution in [-0.4, -0.2) is 24.8 Å². The topological polar surface area (TPSA) is 38.3 Å². The molecule has 1 saturated heterocycles. The van der Waals surface area contributed by atoms with Gasteiger partial charge in [-0.25, -0.2) is 8.78 Å². The Balaban J connectivity index is 2.26. The third-order valence-electron chi connectivity index (χ3n) is 3.13. The molecule has 0 radical (unpaired) electrons. The number of hydrogen-bond acceptors (Lipinski definition) is 2. The van der Waals surface area contributed by atoms with Gasteiger partial charge in [0.05, 0.1) is 0 Å². The summed E-state index contributed by atoms with van der Waals surface area (Å²) in [6, 6.07) is -0.185. The van der Waals surface area contributed by atoms with Crippen molar-refractivity contribution < 1.29 is 31.5 Å². The van der Waals surface area contributed by atoms with Gasteiger partial charge >= 0.3 is 6.18 Å². The number of rotatable bonds is 3. The molecule has 1 N–H and O–H groups in total. The maximum absolute atomic E-state index is 13.6. The van der Waals surface area contributed by atoms with Crippen molar-refractivity contribution in [3.05, 3.63) is 35.4 Å². The summed E-state index contributed by atoms with van der Waals surface area (Å²) >= 11 is 0. The van der Waals surface area contributed by atoms with Crippen molar-refractivity contribution in [2.45, 2.75) is 31.2 Å². The van der Waals surface area contributed by atoms with Gasteiger partial charge in [-0.05, 0) is 18.9 Å². The van der Waals surface area contributed by atoms with E-state index in [0.29, 0.717) is 18.9 Å². The summed E-state index contributed by atoms with van der Waals surface area (Å²) in [4.78, 5) is 11.7. The molecule has 1 aromatic carbocycles. The summed E-state index contributed by atoms with van der Waals surface area (Å²) in [5, 5.41) is 1.69. The third-order valence-corrected chi connectivity index (χ3v) is 3.13. The predicted molar refractivity (Wildman–Crippen MR) is 62.3 cm³/mol. The lowest BCUT2D eigenvalue weighted by molar-refractivity contribution is -0.166. The Morgan fingerprint density at radius 3 is 2.62 bits per heavy atom. The lowest BCUT2D eigenvalue weighted by Gasteiger charge is -2.24. The fourth-order valence-corrected chi connectivity index (χ4v) is 2.10. The lowest BCUT2D eigenvalue weighted by atomic mass is 10.0. The first-order valence-electron chi connectivity index (χ1n) is 6.23. The van der Waals surface area contributed by atoms with Gasteiger partial charge in [-0.2, -0.15) is 13.2 Å². The summed E-state index contributed by atoms with van der Waals surface area (Å²) in [5.41, 5.74) is -0.964. The van der Waals surface area contributed by atoms with Crippen LogP contribution in [0.25, 0.3) is 0 Å². The molecule has 0 aromatic heterocycles. The molecule has 1 aromatic rings. The van der Waals surface area contributed by atoms with Gasteiger partial charge in [0, 0.05) is 12.2 Å². The summed E-state index contributed by atoms with van der Waals surface area (Å²) in [5.74, 6) is -4.03. The van der Waals surface area contributed by atoms with Gasteiger partial charge in [-0.3, -0.25) is 4.79 Å². The smallest absolute Gasteiger partial charge is 0.368 e. The molecular formula is C13H12F5NO2. The molecule has 0 bridgehead atoms. The zero-order valence-electron chi connectivity index (χ0n) is 10.7. The van der Waals surface area contributed by atoms with Crippen LogP contribution in [0.3, 0.4) is 0 Å². The number of hydrogen-bond donors (Lipinski definition) is 1. The van der Waals surface area contributed by atoms with E-state index in [1.807, 2.05) is 0 Å². The number of halogens is 5. The minimum atomic E-state index is -4.96. The van der Waals surface area contributed by atoms with E-state index in [-0.39, 0.29) is 6.61 Å². The van der Waals surface area contributed by atoms with Crippen molar-refractivity contribution in [2.24, 2.45) is 0 Å². The van der Waals surface area contributed by atoms with Gasteiger partial charge < -0.3 is 10.1 Å². The van der Waals surface area contributed by atoms with Gasteiger partial charge in [0.15, 0.2) is 17.7 Å². The molecule has 1 heterocycles. The second-order valence-corrected chi connectivity index (χ2v) is 4.63. The number of carbonyl (C=O) groups is 1. The van der Waals surface area contributed by atoms with Crippen LogP contribution >= 0.6 is 0 Å².